The number of fused-ring (bicyclic) bond motifs is 4. The van der Waals surface area contributed by atoms with Gasteiger partial charge in [-0.25, -0.2) is 4.98 Å². The number of nitrogens with zero attached hydrogens (tertiary/aromatic N) is 4. The molecule has 300 valence electrons. The van der Waals surface area contributed by atoms with Crippen LogP contribution in [0.1, 0.15) is 85.7 Å². The molecule has 10 rings (SSSR count). The van der Waals surface area contributed by atoms with Crippen LogP contribution in [0.5, 0.6) is 0 Å². The van der Waals surface area contributed by atoms with Gasteiger partial charge in [-0.2, -0.15) is 0 Å². The van der Waals surface area contributed by atoms with Gasteiger partial charge in [0.05, 0.1) is 50.0 Å². The third-order valence-electron chi connectivity index (χ3n) is 11.3. The van der Waals surface area contributed by atoms with E-state index >= 15 is 0 Å². The molecular formula is C57H52N4. The van der Waals surface area contributed by atoms with Crippen LogP contribution in [0, 0.1) is 0 Å². The number of para-hydroxylation sites is 4. The third kappa shape index (κ3) is 7.06. The summed E-state index contributed by atoms with van der Waals surface area (Å²) in [5.41, 5.74) is 5.14. The maximum absolute atomic E-state index is 9.58. The average Bonchev–Trinajstić information content (AvgIpc) is 4.09. The first-order valence-corrected chi connectivity index (χ1v) is 20.2. The minimum Gasteiger partial charge on any atom is -0.321 e. The van der Waals surface area contributed by atoms with Crippen molar-refractivity contribution in [3.05, 3.63) is 204 Å². The SMILES string of the molecule is [2H]c1c([2H])c([2H])c(-c2cccc(-c3c([2H])c([2H])c([2H])c([2H])c3[2H])c2N2CN(c3cc(Cc4cc5c(c([2H])c4[2H])c4c([2H])c([2H])c([2H])c([2H])c4n5-c4cc(C(C)(C)C)ccn4)cc(C(C)(C)C)c3)c3ccccc32)c([2H])c1[2H]. The van der Waals surface area contributed by atoms with Crippen molar-refractivity contribution >= 4 is 44.6 Å². The largest absolute Gasteiger partial charge is 0.321 e. The van der Waals surface area contributed by atoms with Crippen molar-refractivity contribution in [1.29, 1.82) is 0 Å². The molecule has 0 amide bonds. The molecule has 1 aliphatic heterocycles. The van der Waals surface area contributed by atoms with Crippen LogP contribution in [0.15, 0.2) is 182 Å². The van der Waals surface area contributed by atoms with E-state index in [4.69, 9.17) is 24.2 Å². The summed E-state index contributed by atoms with van der Waals surface area (Å²) in [6.45, 7) is 12.4. The van der Waals surface area contributed by atoms with Gasteiger partial charge in [0.1, 0.15) is 12.5 Å². The molecule has 9 aromatic rings. The zero-order valence-corrected chi connectivity index (χ0v) is 34.8. The predicted octanol–water partition coefficient (Wildman–Crippen LogP) is 14.9. The molecule has 1 aliphatic rings. The summed E-state index contributed by atoms with van der Waals surface area (Å²) in [6.07, 6.45) is 1.79. The van der Waals surface area contributed by atoms with Gasteiger partial charge in [-0.3, -0.25) is 4.57 Å². The van der Waals surface area contributed by atoms with Crippen LogP contribution < -0.4 is 9.80 Å². The lowest BCUT2D eigenvalue weighted by Gasteiger charge is -2.28. The Balaban J connectivity index is 1.18. The standard InChI is InChI=1S/C57H52N4/c1-56(2,3)43-30-31-58-54(37-43)61-50-25-14-13-22-48(50)49-29-28-39(35-53(49)61)32-40-33-44(57(4,5)6)36-45(34-40)59-38-60(52-27-16-15-26-51(52)59)55-46(41-18-9-7-10-19-41)23-17-24-47(55)42-20-11-8-12-21-42/h7-31,33-37H,32,38H2,1-6H3/i7D,8D,9D,10D,11D,12D,13D,14D,18D,19D,20D,21D,22D,25D,28D,29D. The van der Waals surface area contributed by atoms with Crippen LogP contribution in [-0.2, 0) is 17.3 Å². The fourth-order valence-electron chi connectivity index (χ4n) is 8.18. The Kier molecular flexibility index (Phi) is 5.98. The van der Waals surface area contributed by atoms with Crippen molar-refractivity contribution in [1.82, 2.24) is 9.55 Å². The first kappa shape index (κ1) is 24.4. The van der Waals surface area contributed by atoms with E-state index in [0.717, 1.165) is 16.7 Å². The summed E-state index contributed by atoms with van der Waals surface area (Å²) in [5, 5.41) is 0.324. The number of benzene rings is 7. The Morgan fingerprint density at radius 1 is 0.541 bits per heavy atom. The summed E-state index contributed by atoms with van der Waals surface area (Å²) < 4.78 is 144. The molecule has 7 aromatic carbocycles. The van der Waals surface area contributed by atoms with Gasteiger partial charge in [0.15, 0.2) is 0 Å². The Bertz CT molecular complexity index is 3860. The summed E-state index contributed by atoms with van der Waals surface area (Å²) in [7, 11) is 0. The second kappa shape index (κ2) is 15.0. The van der Waals surface area contributed by atoms with E-state index in [1.807, 2.05) is 58.3 Å². The normalized spacial score (nSPS) is 16.7. The summed E-state index contributed by atoms with van der Waals surface area (Å²) in [5.74, 6) is 0.391. The van der Waals surface area contributed by atoms with Crippen LogP contribution in [0.4, 0.5) is 22.7 Å². The molecule has 0 radical (unpaired) electrons. The fourth-order valence-corrected chi connectivity index (χ4v) is 8.18. The van der Waals surface area contributed by atoms with Crippen molar-refractivity contribution in [3.63, 3.8) is 0 Å². The van der Waals surface area contributed by atoms with Crippen LogP contribution in [0.3, 0.4) is 0 Å². The summed E-state index contributed by atoms with van der Waals surface area (Å²) >= 11 is 0. The topological polar surface area (TPSA) is 24.3 Å². The molecule has 0 bridgehead atoms. The minimum atomic E-state index is -0.588. The molecule has 0 unspecified atom stereocenters. The molecule has 4 nitrogen and oxygen atoms in total. The van der Waals surface area contributed by atoms with E-state index in [2.05, 4.69) is 47.6 Å². The molecule has 61 heavy (non-hydrogen) atoms. The van der Waals surface area contributed by atoms with E-state index in [9.17, 15) is 2.74 Å². The quantitative estimate of drug-likeness (QED) is 0.160. The molecular weight excluding hydrogens is 741 g/mol. The molecule has 4 heteroatoms. The Morgan fingerprint density at radius 3 is 1.84 bits per heavy atom. The van der Waals surface area contributed by atoms with Gasteiger partial charge in [0, 0.05) is 33.8 Å². The second-order valence-electron chi connectivity index (χ2n) is 17.4. The smallest absolute Gasteiger partial charge is 0.137 e. The first-order chi connectivity index (χ1) is 36.1. The minimum absolute atomic E-state index is 0.0296. The highest BCUT2D eigenvalue weighted by molar-refractivity contribution is 6.09. The van der Waals surface area contributed by atoms with E-state index in [1.165, 1.54) is 0 Å². The first-order valence-electron chi connectivity index (χ1n) is 28.2. The highest BCUT2D eigenvalue weighted by Crippen LogP contribution is 2.50. The molecule has 0 aliphatic carbocycles. The molecule has 0 fully saturated rings. The maximum Gasteiger partial charge on any atom is 0.137 e. The lowest BCUT2D eigenvalue weighted by atomic mass is 9.85. The van der Waals surface area contributed by atoms with Gasteiger partial charge in [-0.15, -0.1) is 0 Å². The Morgan fingerprint density at radius 2 is 1.16 bits per heavy atom. The summed E-state index contributed by atoms with van der Waals surface area (Å²) in [4.78, 5) is 8.61. The Hall–Kier alpha value is -6.91. The molecule has 0 saturated carbocycles. The van der Waals surface area contributed by atoms with E-state index in [-0.39, 0.29) is 86.9 Å². The number of rotatable bonds is 7. The van der Waals surface area contributed by atoms with E-state index in [1.54, 1.807) is 35.0 Å². The van der Waals surface area contributed by atoms with Crippen LogP contribution in [0.25, 0.3) is 49.9 Å². The lowest BCUT2D eigenvalue weighted by molar-refractivity contribution is 0.588. The number of hydrogen-bond donors (Lipinski definition) is 0. The van der Waals surface area contributed by atoms with Crippen molar-refractivity contribution in [2.75, 3.05) is 16.5 Å². The van der Waals surface area contributed by atoms with Crippen LogP contribution in [0.2, 0.25) is 0 Å². The summed E-state index contributed by atoms with van der Waals surface area (Å²) in [6, 6.07) is 16.6. The number of hydrogen-bond acceptors (Lipinski definition) is 3. The fraction of sp³-hybridized carbons (Fsp3) is 0.175. The zero-order valence-electron chi connectivity index (χ0n) is 50.8. The van der Waals surface area contributed by atoms with E-state index < -0.39 is 77.9 Å². The van der Waals surface area contributed by atoms with Gasteiger partial charge < -0.3 is 9.80 Å². The van der Waals surface area contributed by atoms with Crippen molar-refractivity contribution < 1.29 is 21.9 Å². The van der Waals surface area contributed by atoms with E-state index in [0.29, 0.717) is 34.0 Å². The van der Waals surface area contributed by atoms with Crippen LogP contribution >= 0.6 is 0 Å². The number of pyridine rings is 1. The average molecular weight is 809 g/mol. The zero-order chi connectivity index (χ0) is 55.8. The molecule has 2 aromatic heterocycles. The third-order valence-corrected chi connectivity index (χ3v) is 11.3. The second-order valence-corrected chi connectivity index (χ2v) is 17.4. The molecule has 0 spiro atoms. The van der Waals surface area contributed by atoms with Gasteiger partial charge in [-0.05, 0) is 99.1 Å². The molecule has 0 atom stereocenters. The van der Waals surface area contributed by atoms with Crippen molar-refractivity contribution in [2.24, 2.45) is 0 Å². The monoisotopic (exact) mass is 809 g/mol. The number of aromatic nitrogens is 2. The van der Waals surface area contributed by atoms with Crippen LogP contribution in [-0.4, -0.2) is 16.2 Å². The lowest BCUT2D eigenvalue weighted by Crippen LogP contribution is -2.25. The Labute approximate surface area is 382 Å². The van der Waals surface area contributed by atoms with Crippen molar-refractivity contribution in [3.8, 4) is 28.1 Å². The highest BCUT2D eigenvalue weighted by Gasteiger charge is 2.32. The van der Waals surface area contributed by atoms with Crippen molar-refractivity contribution in [2.45, 2.75) is 58.8 Å². The highest BCUT2D eigenvalue weighted by atomic mass is 15.4. The maximum atomic E-state index is 9.58. The molecule has 0 N–H and O–H groups in total. The van der Waals surface area contributed by atoms with Gasteiger partial charge in [-0.1, -0.05) is 169 Å². The van der Waals surface area contributed by atoms with Gasteiger partial charge >= 0.3 is 0 Å². The predicted molar refractivity (Wildman–Crippen MR) is 258 cm³/mol. The van der Waals surface area contributed by atoms with Gasteiger partial charge in [0.25, 0.3) is 0 Å². The molecule has 0 saturated heterocycles. The van der Waals surface area contributed by atoms with Gasteiger partial charge in [0.2, 0.25) is 0 Å². The number of anilines is 4. The molecule has 3 heterocycles.